The average Bonchev–Trinajstić information content (AvgIpc) is 3.00. The molecule has 1 saturated heterocycles. The molecule has 2 aromatic carbocycles. The van der Waals surface area contributed by atoms with Gasteiger partial charge >= 0.3 is 0 Å². The molecular weight excluding hydrogens is 332 g/mol. The first-order valence-corrected chi connectivity index (χ1v) is 9.53. The van der Waals surface area contributed by atoms with Crippen LogP contribution in [0.1, 0.15) is 17.5 Å². The SMILES string of the molecule is CSc1cccc(N2CC(C(=O)Nc3c(C)cccc3C)CC2=O)c1. The normalized spacial score (nSPS) is 17.0. The molecule has 1 N–H and O–H groups in total. The first kappa shape index (κ1) is 17.5. The highest BCUT2D eigenvalue weighted by Gasteiger charge is 2.35. The Morgan fingerprint density at radius 3 is 2.52 bits per heavy atom. The van der Waals surface area contributed by atoms with Crippen molar-refractivity contribution in [3.8, 4) is 0 Å². The number of amides is 2. The molecule has 1 heterocycles. The number of carbonyl (C=O) groups is 2. The number of nitrogens with one attached hydrogen (secondary N) is 1. The van der Waals surface area contributed by atoms with Crippen LogP contribution in [0.2, 0.25) is 0 Å². The van der Waals surface area contributed by atoms with E-state index < -0.39 is 0 Å². The van der Waals surface area contributed by atoms with E-state index in [2.05, 4.69) is 5.32 Å². The van der Waals surface area contributed by atoms with Crippen LogP contribution in [0.15, 0.2) is 47.4 Å². The Kier molecular flexibility index (Phi) is 5.13. The summed E-state index contributed by atoms with van der Waals surface area (Å²) < 4.78 is 0. The smallest absolute Gasteiger partial charge is 0.229 e. The van der Waals surface area contributed by atoms with Gasteiger partial charge in [0, 0.05) is 29.2 Å². The minimum absolute atomic E-state index is 0.0000846. The molecule has 2 amide bonds. The summed E-state index contributed by atoms with van der Waals surface area (Å²) in [5.74, 6) is -0.418. The molecule has 3 rings (SSSR count). The summed E-state index contributed by atoms with van der Waals surface area (Å²) >= 11 is 1.64. The zero-order valence-corrected chi connectivity index (χ0v) is 15.5. The summed E-state index contributed by atoms with van der Waals surface area (Å²) in [6.45, 7) is 4.37. The lowest BCUT2D eigenvalue weighted by atomic mass is 10.1. The number of hydrogen-bond acceptors (Lipinski definition) is 3. The molecule has 1 unspecified atom stereocenters. The van der Waals surface area contributed by atoms with Crippen molar-refractivity contribution in [3.05, 3.63) is 53.6 Å². The number of aryl methyl sites for hydroxylation is 2. The highest BCUT2D eigenvalue weighted by atomic mass is 32.2. The molecule has 2 aromatic rings. The molecule has 130 valence electrons. The van der Waals surface area contributed by atoms with Gasteiger partial charge in [-0.05, 0) is 49.4 Å². The zero-order chi connectivity index (χ0) is 18.0. The lowest BCUT2D eigenvalue weighted by Crippen LogP contribution is -2.28. The van der Waals surface area contributed by atoms with E-state index in [0.29, 0.717) is 6.54 Å². The van der Waals surface area contributed by atoms with Crippen molar-refractivity contribution in [1.29, 1.82) is 0 Å². The maximum Gasteiger partial charge on any atom is 0.229 e. The van der Waals surface area contributed by atoms with Crippen LogP contribution in [0.5, 0.6) is 0 Å². The van der Waals surface area contributed by atoms with Crippen molar-refractivity contribution in [3.63, 3.8) is 0 Å². The van der Waals surface area contributed by atoms with Gasteiger partial charge in [-0.1, -0.05) is 24.3 Å². The number of benzene rings is 2. The predicted octanol–water partition coefficient (Wildman–Crippen LogP) is 4.02. The van der Waals surface area contributed by atoms with Gasteiger partial charge in [0.2, 0.25) is 11.8 Å². The van der Waals surface area contributed by atoms with E-state index >= 15 is 0 Å². The van der Waals surface area contributed by atoms with Crippen LogP contribution in [0.4, 0.5) is 11.4 Å². The molecular formula is C20H22N2O2S. The molecule has 0 aliphatic carbocycles. The number of nitrogens with zero attached hydrogens (tertiary/aromatic N) is 1. The molecule has 25 heavy (non-hydrogen) atoms. The fourth-order valence-electron chi connectivity index (χ4n) is 3.15. The second kappa shape index (κ2) is 7.31. The van der Waals surface area contributed by atoms with Gasteiger partial charge in [-0.15, -0.1) is 11.8 Å². The lowest BCUT2D eigenvalue weighted by molar-refractivity contribution is -0.122. The van der Waals surface area contributed by atoms with E-state index in [4.69, 9.17) is 0 Å². The number of hydrogen-bond donors (Lipinski definition) is 1. The minimum Gasteiger partial charge on any atom is -0.325 e. The predicted molar refractivity (Wildman–Crippen MR) is 103 cm³/mol. The van der Waals surface area contributed by atoms with Crippen LogP contribution in [-0.2, 0) is 9.59 Å². The van der Waals surface area contributed by atoms with Crippen LogP contribution in [0, 0.1) is 19.8 Å². The van der Waals surface area contributed by atoms with Gasteiger partial charge in [0.25, 0.3) is 0 Å². The van der Waals surface area contributed by atoms with Crippen LogP contribution in [-0.4, -0.2) is 24.6 Å². The van der Waals surface area contributed by atoms with Gasteiger partial charge in [0.15, 0.2) is 0 Å². The second-order valence-corrected chi connectivity index (χ2v) is 7.24. The Bertz CT molecular complexity index is 799. The van der Waals surface area contributed by atoms with Crippen molar-refractivity contribution < 1.29 is 9.59 Å². The minimum atomic E-state index is -0.329. The lowest BCUT2D eigenvalue weighted by Gasteiger charge is -2.18. The van der Waals surface area contributed by atoms with E-state index in [-0.39, 0.29) is 24.2 Å². The molecule has 0 radical (unpaired) electrons. The van der Waals surface area contributed by atoms with Crippen molar-refractivity contribution in [1.82, 2.24) is 0 Å². The van der Waals surface area contributed by atoms with Gasteiger partial charge in [-0.25, -0.2) is 0 Å². The standard InChI is InChI=1S/C20H22N2O2S/c1-13-6-4-7-14(2)19(13)21-20(24)15-10-18(23)22(12-15)16-8-5-9-17(11-16)25-3/h4-9,11,15H,10,12H2,1-3H3,(H,21,24). The van der Waals surface area contributed by atoms with Gasteiger partial charge < -0.3 is 10.2 Å². The fourth-order valence-corrected chi connectivity index (χ4v) is 3.60. The summed E-state index contributed by atoms with van der Waals surface area (Å²) in [5.41, 5.74) is 3.77. The fraction of sp³-hybridized carbons (Fsp3) is 0.300. The average molecular weight is 354 g/mol. The molecule has 1 atom stereocenters. The third-order valence-corrected chi connectivity index (χ3v) is 5.32. The first-order chi connectivity index (χ1) is 12.0. The maximum atomic E-state index is 12.7. The van der Waals surface area contributed by atoms with E-state index in [1.165, 1.54) is 0 Å². The zero-order valence-electron chi connectivity index (χ0n) is 14.7. The molecule has 0 spiro atoms. The number of rotatable bonds is 4. The van der Waals surface area contributed by atoms with Crippen LogP contribution < -0.4 is 10.2 Å². The highest BCUT2D eigenvalue weighted by molar-refractivity contribution is 7.98. The van der Waals surface area contributed by atoms with Crippen molar-refractivity contribution in [2.45, 2.75) is 25.2 Å². The molecule has 4 nitrogen and oxygen atoms in total. The maximum absolute atomic E-state index is 12.7. The van der Waals surface area contributed by atoms with E-state index in [1.54, 1.807) is 16.7 Å². The first-order valence-electron chi connectivity index (χ1n) is 8.31. The second-order valence-electron chi connectivity index (χ2n) is 6.36. The third kappa shape index (κ3) is 3.71. The van der Waals surface area contributed by atoms with Crippen LogP contribution >= 0.6 is 11.8 Å². The summed E-state index contributed by atoms with van der Waals surface area (Å²) in [5, 5.41) is 3.01. The molecule has 0 bridgehead atoms. The Hall–Kier alpha value is -2.27. The third-order valence-electron chi connectivity index (χ3n) is 4.59. The Morgan fingerprint density at radius 2 is 1.84 bits per heavy atom. The van der Waals surface area contributed by atoms with Crippen molar-refractivity contribution in [2.75, 3.05) is 23.0 Å². The topological polar surface area (TPSA) is 49.4 Å². The number of carbonyl (C=O) groups excluding carboxylic acids is 2. The van der Waals surface area contributed by atoms with Crippen molar-refractivity contribution >= 4 is 35.0 Å². The van der Waals surface area contributed by atoms with Gasteiger partial charge in [0.1, 0.15) is 0 Å². The molecule has 0 aromatic heterocycles. The molecule has 1 aliphatic heterocycles. The Labute approximate surface area is 152 Å². The summed E-state index contributed by atoms with van der Waals surface area (Å²) in [6, 6.07) is 13.8. The molecule has 0 saturated carbocycles. The van der Waals surface area contributed by atoms with E-state index in [9.17, 15) is 9.59 Å². The Balaban J connectivity index is 1.74. The Morgan fingerprint density at radius 1 is 1.16 bits per heavy atom. The van der Waals surface area contributed by atoms with Crippen LogP contribution in [0.3, 0.4) is 0 Å². The van der Waals surface area contributed by atoms with Crippen molar-refractivity contribution in [2.24, 2.45) is 5.92 Å². The molecule has 5 heteroatoms. The van der Waals surface area contributed by atoms with Gasteiger partial charge in [0.05, 0.1) is 5.92 Å². The molecule has 1 aliphatic rings. The van der Waals surface area contributed by atoms with E-state index in [1.807, 2.05) is 62.6 Å². The number of anilines is 2. The monoisotopic (exact) mass is 354 g/mol. The highest BCUT2D eigenvalue weighted by Crippen LogP contribution is 2.29. The number of thioether (sulfide) groups is 1. The van der Waals surface area contributed by atoms with Gasteiger partial charge in [-0.3, -0.25) is 9.59 Å². The number of para-hydroxylation sites is 1. The summed E-state index contributed by atoms with van der Waals surface area (Å²) in [6.07, 6.45) is 2.26. The quantitative estimate of drug-likeness (QED) is 0.844. The summed E-state index contributed by atoms with van der Waals surface area (Å²) in [7, 11) is 0. The van der Waals surface area contributed by atoms with Crippen LogP contribution in [0.25, 0.3) is 0 Å². The summed E-state index contributed by atoms with van der Waals surface area (Å²) in [4.78, 5) is 27.9. The largest absolute Gasteiger partial charge is 0.325 e. The van der Waals surface area contributed by atoms with Gasteiger partial charge in [-0.2, -0.15) is 0 Å². The molecule has 1 fully saturated rings. The van der Waals surface area contributed by atoms with E-state index in [0.717, 1.165) is 27.4 Å².